The van der Waals surface area contributed by atoms with Gasteiger partial charge in [-0.1, -0.05) is 12.1 Å². The topological polar surface area (TPSA) is 88.1 Å². The van der Waals surface area contributed by atoms with Crippen molar-refractivity contribution in [2.24, 2.45) is 5.10 Å². The summed E-state index contributed by atoms with van der Waals surface area (Å²) in [6.07, 6.45) is -3.69. The highest BCUT2D eigenvalue weighted by Gasteiger charge is 2.32. The first-order chi connectivity index (χ1) is 12.3. The number of aromatic nitrogens is 1. The van der Waals surface area contributed by atoms with Crippen molar-refractivity contribution >= 4 is 17.2 Å². The Labute approximate surface area is 147 Å². The maximum absolute atomic E-state index is 13.0. The number of rotatable bonds is 4. The largest absolute Gasteiger partial charge is 0.417 e. The van der Waals surface area contributed by atoms with E-state index in [4.69, 9.17) is 10.5 Å². The fourth-order valence-corrected chi connectivity index (χ4v) is 2.10. The normalized spacial score (nSPS) is 10.4. The Morgan fingerprint density at radius 2 is 1.77 bits per heavy atom. The lowest BCUT2D eigenvalue weighted by atomic mass is 10.0. The Morgan fingerprint density at radius 3 is 2.27 bits per heavy atom. The molecule has 1 aromatic carbocycles. The molecule has 0 saturated heterocycles. The molecular weight excluding hydrogens is 345 g/mol. The average molecular weight is 358 g/mol. The highest BCUT2D eigenvalue weighted by atomic mass is 19.4. The number of alkyl halides is 3. The number of hydrogen-bond acceptors (Lipinski definition) is 6. The number of halogens is 3. The Kier molecular flexibility index (Phi) is 5.43. The quantitative estimate of drug-likeness (QED) is 0.666. The van der Waals surface area contributed by atoms with E-state index >= 15 is 0 Å². The van der Waals surface area contributed by atoms with Crippen molar-refractivity contribution in [2.75, 3.05) is 24.4 Å². The number of benzene rings is 1. The second-order valence-electron chi connectivity index (χ2n) is 5.36. The van der Waals surface area contributed by atoms with E-state index in [-0.39, 0.29) is 5.71 Å². The molecule has 0 amide bonds. The molecule has 1 N–H and O–H groups in total. The summed E-state index contributed by atoms with van der Waals surface area (Å²) in [6.45, 7) is 0. The molecule has 0 fully saturated rings. The standard InChI is InChI=1S/C17H13F3N6/c1-26(2)16-15(7-12(10-23-16)17(18,19)20)11-3-5-13(6-4-11)24-25-14(8-21)9-22/h3-7,10,24H,1-2H3. The van der Waals surface area contributed by atoms with E-state index in [0.717, 1.165) is 12.3 Å². The summed E-state index contributed by atoms with van der Waals surface area (Å²) >= 11 is 0. The minimum atomic E-state index is -4.49. The summed E-state index contributed by atoms with van der Waals surface area (Å²) < 4.78 is 39.0. The van der Waals surface area contributed by atoms with Crippen LogP contribution in [-0.2, 0) is 6.18 Å². The second-order valence-corrected chi connectivity index (χ2v) is 5.36. The van der Waals surface area contributed by atoms with Gasteiger partial charge in [-0.05, 0) is 23.8 Å². The zero-order valence-electron chi connectivity index (χ0n) is 13.8. The van der Waals surface area contributed by atoms with Crippen molar-refractivity contribution in [3.05, 3.63) is 42.1 Å². The molecule has 132 valence electrons. The van der Waals surface area contributed by atoms with Crippen molar-refractivity contribution in [3.8, 4) is 23.3 Å². The van der Waals surface area contributed by atoms with E-state index in [1.54, 1.807) is 55.4 Å². The van der Waals surface area contributed by atoms with E-state index in [1.165, 1.54) is 0 Å². The zero-order valence-corrected chi connectivity index (χ0v) is 13.8. The lowest BCUT2D eigenvalue weighted by Crippen LogP contribution is -2.14. The first-order valence-corrected chi connectivity index (χ1v) is 7.25. The molecule has 0 bridgehead atoms. The Bertz CT molecular complexity index is 886. The molecule has 0 spiro atoms. The molecule has 2 aromatic rings. The molecule has 2 rings (SSSR count). The highest BCUT2D eigenvalue weighted by molar-refractivity contribution is 6.10. The summed E-state index contributed by atoms with van der Waals surface area (Å²) in [4.78, 5) is 5.54. The Morgan fingerprint density at radius 1 is 1.15 bits per heavy atom. The van der Waals surface area contributed by atoms with Crippen molar-refractivity contribution in [1.29, 1.82) is 10.5 Å². The van der Waals surface area contributed by atoms with Crippen molar-refractivity contribution in [1.82, 2.24) is 4.98 Å². The number of hydrogen-bond donors (Lipinski definition) is 1. The van der Waals surface area contributed by atoms with Crippen LogP contribution in [-0.4, -0.2) is 24.8 Å². The van der Waals surface area contributed by atoms with E-state index in [9.17, 15) is 13.2 Å². The van der Waals surface area contributed by atoms with Crippen LogP contribution in [0.1, 0.15) is 5.56 Å². The van der Waals surface area contributed by atoms with Crippen LogP contribution in [0, 0.1) is 22.7 Å². The average Bonchev–Trinajstić information content (AvgIpc) is 2.61. The van der Waals surface area contributed by atoms with Crippen molar-refractivity contribution < 1.29 is 13.2 Å². The van der Waals surface area contributed by atoms with Gasteiger partial charge in [-0.2, -0.15) is 28.8 Å². The molecule has 0 aliphatic carbocycles. The third kappa shape index (κ3) is 4.28. The van der Waals surface area contributed by atoms with Crippen molar-refractivity contribution in [2.45, 2.75) is 6.18 Å². The van der Waals surface area contributed by atoms with Gasteiger partial charge in [-0.3, -0.25) is 5.43 Å². The zero-order chi connectivity index (χ0) is 19.3. The fourth-order valence-electron chi connectivity index (χ4n) is 2.10. The van der Waals surface area contributed by atoms with Crippen LogP contribution in [0.3, 0.4) is 0 Å². The molecule has 0 aliphatic rings. The number of nitrogens with zero attached hydrogens (tertiary/aromatic N) is 5. The first-order valence-electron chi connectivity index (χ1n) is 7.25. The summed E-state index contributed by atoms with van der Waals surface area (Å²) in [7, 11) is 3.38. The number of nitrogens with one attached hydrogen (secondary N) is 1. The summed E-state index contributed by atoms with van der Waals surface area (Å²) in [5.41, 5.74) is 2.69. The second kappa shape index (κ2) is 7.53. The maximum Gasteiger partial charge on any atom is 0.417 e. The van der Waals surface area contributed by atoms with Crippen LogP contribution in [0.25, 0.3) is 11.1 Å². The van der Waals surface area contributed by atoms with Gasteiger partial charge in [-0.15, -0.1) is 0 Å². The predicted molar refractivity (Wildman–Crippen MR) is 91.3 cm³/mol. The smallest absolute Gasteiger partial charge is 0.362 e. The molecule has 0 unspecified atom stereocenters. The maximum atomic E-state index is 13.0. The minimum absolute atomic E-state index is 0.328. The van der Waals surface area contributed by atoms with Gasteiger partial charge in [-0.25, -0.2) is 4.98 Å². The monoisotopic (exact) mass is 358 g/mol. The third-order valence-corrected chi connectivity index (χ3v) is 3.32. The molecule has 0 aliphatic heterocycles. The number of nitriles is 2. The van der Waals surface area contributed by atoms with Crippen LogP contribution >= 0.6 is 0 Å². The lowest BCUT2D eigenvalue weighted by molar-refractivity contribution is -0.137. The van der Waals surface area contributed by atoms with E-state index in [2.05, 4.69) is 15.5 Å². The summed E-state index contributed by atoms with van der Waals surface area (Å²) in [6, 6.07) is 10.6. The van der Waals surface area contributed by atoms with Gasteiger partial charge in [0, 0.05) is 25.9 Å². The van der Waals surface area contributed by atoms with E-state index < -0.39 is 11.7 Å². The van der Waals surface area contributed by atoms with Crippen LogP contribution in [0.2, 0.25) is 0 Å². The van der Waals surface area contributed by atoms with Gasteiger partial charge in [0.15, 0.2) is 0 Å². The Balaban J connectivity index is 2.40. The molecule has 1 heterocycles. The predicted octanol–water partition coefficient (Wildman–Crippen LogP) is 3.65. The molecule has 6 nitrogen and oxygen atoms in total. The molecule has 0 atom stereocenters. The van der Waals surface area contributed by atoms with Crippen molar-refractivity contribution in [3.63, 3.8) is 0 Å². The number of anilines is 2. The van der Waals surface area contributed by atoms with Crippen LogP contribution in [0.4, 0.5) is 24.7 Å². The minimum Gasteiger partial charge on any atom is -0.362 e. The highest BCUT2D eigenvalue weighted by Crippen LogP contribution is 2.35. The molecule has 9 heteroatoms. The molecule has 0 saturated carbocycles. The lowest BCUT2D eigenvalue weighted by Gasteiger charge is -2.18. The summed E-state index contributed by atoms with van der Waals surface area (Å²) in [5, 5.41) is 20.8. The van der Waals surface area contributed by atoms with E-state index in [1.807, 2.05) is 0 Å². The van der Waals surface area contributed by atoms with Crippen LogP contribution in [0.5, 0.6) is 0 Å². The van der Waals surface area contributed by atoms with Crippen LogP contribution < -0.4 is 10.3 Å². The molecule has 26 heavy (non-hydrogen) atoms. The van der Waals surface area contributed by atoms with Crippen LogP contribution in [0.15, 0.2) is 41.6 Å². The van der Waals surface area contributed by atoms with E-state index in [0.29, 0.717) is 22.6 Å². The van der Waals surface area contributed by atoms with Gasteiger partial charge in [0.25, 0.3) is 0 Å². The first kappa shape index (κ1) is 18.7. The van der Waals surface area contributed by atoms with Gasteiger partial charge >= 0.3 is 6.18 Å². The van der Waals surface area contributed by atoms with Gasteiger partial charge in [0.2, 0.25) is 5.71 Å². The molecular formula is C17H13F3N6. The molecule has 1 aromatic heterocycles. The third-order valence-electron chi connectivity index (χ3n) is 3.32. The van der Waals surface area contributed by atoms with Gasteiger partial charge < -0.3 is 4.90 Å². The fraction of sp³-hybridized carbons (Fsp3) is 0.176. The number of hydrazone groups is 1. The van der Waals surface area contributed by atoms with Gasteiger partial charge in [0.1, 0.15) is 18.0 Å². The van der Waals surface area contributed by atoms with Gasteiger partial charge in [0.05, 0.1) is 11.3 Å². The number of pyridine rings is 1. The molecule has 0 radical (unpaired) electrons. The Hall–Kier alpha value is -3.59. The SMILES string of the molecule is CN(C)c1ncc(C(F)(F)F)cc1-c1ccc(NN=C(C#N)C#N)cc1. The summed E-state index contributed by atoms with van der Waals surface area (Å²) in [5.74, 6) is 0.396.